The third-order valence-corrected chi connectivity index (χ3v) is 5.19. The Morgan fingerprint density at radius 3 is 3.17 bits per heavy atom. The van der Waals surface area contributed by atoms with Crippen molar-refractivity contribution in [3.63, 3.8) is 0 Å². The number of hydrogen-bond donors (Lipinski definition) is 2. The van der Waals surface area contributed by atoms with Crippen LogP contribution in [0.5, 0.6) is 0 Å². The molecule has 1 saturated heterocycles. The Kier molecular flexibility index (Phi) is 5.16. The minimum atomic E-state index is -0.685. The smallest absolute Gasteiger partial charge is 0.320 e. The number of carbonyl (C=O) groups is 1. The highest BCUT2D eigenvalue weighted by atomic mass is 16.4. The first-order valence-electron chi connectivity index (χ1n) is 8.87. The van der Waals surface area contributed by atoms with Gasteiger partial charge >= 0.3 is 5.97 Å². The second-order valence-corrected chi connectivity index (χ2v) is 6.79. The first-order valence-corrected chi connectivity index (χ1v) is 8.87. The minimum Gasteiger partial charge on any atom is -0.480 e. The van der Waals surface area contributed by atoms with E-state index in [-0.39, 0.29) is 6.04 Å². The molecule has 0 saturated carbocycles. The van der Waals surface area contributed by atoms with Crippen LogP contribution in [-0.4, -0.2) is 46.6 Å². The molecule has 2 aliphatic heterocycles. The number of rotatable bonds is 6. The normalized spacial score (nSPS) is 22.4. The molecule has 0 radical (unpaired) electrons. The number of carboxylic acids is 1. The highest BCUT2D eigenvalue weighted by Crippen LogP contribution is 2.25. The van der Waals surface area contributed by atoms with Gasteiger partial charge in [-0.3, -0.25) is 9.69 Å². The summed E-state index contributed by atoms with van der Waals surface area (Å²) in [4.78, 5) is 18.2. The van der Waals surface area contributed by atoms with Crippen molar-refractivity contribution < 1.29 is 9.90 Å². The summed E-state index contributed by atoms with van der Waals surface area (Å²) >= 11 is 0. The maximum Gasteiger partial charge on any atom is 0.320 e. The number of hydrogen-bond acceptors (Lipinski definition) is 4. The molecular formula is C18H27N3O2. The number of nitrogens with zero attached hydrogens (tertiary/aromatic N) is 2. The van der Waals surface area contributed by atoms with Crippen LogP contribution >= 0.6 is 0 Å². The fourth-order valence-electron chi connectivity index (χ4n) is 3.83. The number of nitrogens with one attached hydrogen (secondary N) is 1. The van der Waals surface area contributed by atoms with E-state index >= 15 is 0 Å². The fourth-order valence-corrected chi connectivity index (χ4v) is 3.83. The van der Waals surface area contributed by atoms with E-state index < -0.39 is 5.97 Å². The molecule has 3 rings (SSSR count). The topological polar surface area (TPSA) is 65.5 Å². The van der Waals surface area contributed by atoms with Gasteiger partial charge in [-0.15, -0.1) is 0 Å². The SMILES string of the molecule is CCC(C(=O)O)N1CC[C@@H](CCc2ccc3c(n2)NCCC3)C1. The molecule has 2 atom stereocenters. The molecule has 3 heterocycles. The molecule has 0 bridgehead atoms. The lowest BCUT2D eigenvalue weighted by Crippen LogP contribution is -2.39. The van der Waals surface area contributed by atoms with Crippen LogP contribution in [0.2, 0.25) is 0 Å². The Hall–Kier alpha value is -1.62. The third-order valence-electron chi connectivity index (χ3n) is 5.19. The molecular weight excluding hydrogens is 290 g/mol. The molecule has 0 aromatic carbocycles. The van der Waals surface area contributed by atoms with Crippen LogP contribution < -0.4 is 5.32 Å². The van der Waals surface area contributed by atoms with Gasteiger partial charge in [0.1, 0.15) is 11.9 Å². The van der Waals surface area contributed by atoms with Crippen molar-refractivity contribution in [2.24, 2.45) is 5.92 Å². The average Bonchev–Trinajstić information content (AvgIpc) is 3.01. The van der Waals surface area contributed by atoms with Crippen LogP contribution in [0.15, 0.2) is 12.1 Å². The number of likely N-dealkylation sites (tertiary alicyclic amines) is 1. The fraction of sp³-hybridized carbons (Fsp3) is 0.667. The van der Waals surface area contributed by atoms with Crippen LogP contribution in [0.25, 0.3) is 0 Å². The second-order valence-electron chi connectivity index (χ2n) is 6.79. The van der Waals surface area contributed by atoms with Crippen molar-refractivity contribution >= 4 is 11.8 Å². The number of aliphatic carboxylic acids is 1. The zero-order valence-electron chi connectivity index (χ0n) is 13.9. The number of aromatic nitrogens is 1. The number of anilines is 1. The number of pyridine rings is 1. The van der Waals surface area contributed by atoms with E-state index in [9.17, 15) is 9.90 Å². The van der Waals surface area contributed by atoms with Gasteiger partial charge in [-0.05, 0) is 62.6 Å². The standard InChI is InChI=1S/C18H27N3O2/c1-2-16(18(22)23)21-11-9-13(12-21)5-7-15-8-6-14-4-3-10-19-17(14)20-15/h6,8,13,16H,2-5,7,9-12H2,1H3,(H,19,20)(H,22,23)/t13-,16?/m1/s1. The van der Waals surface area contributed by atoms with Gasteiger partial charge in [0, 0.05) is 18.8 Å². The van der Waals surface area contributed by atoms with E-state index in [4.69, 9.17) is 4.98 Å². The van der Waals surface area contributed by atoms with E-state index in [0.717, 1.165) is 56.8 Å². The maximum atomic E-state index is 11.3. The summed E-state index contributed by atoms with van der Waals surface area (Å²) in [5.41, 5.74) is 2.49. The van der Waals surface area contributed by atoms with Crippen LogP contribution in [0.1, 0.15) is 43.9 Å². The van der Waals surface area contributed by atoms with Gasteiger partial charge in [0.25, 0.3) is 0 Å². The predicted octanol–water partition coefficient (Wildman–Crippen LogP) is 2.56. The second kappa shape index (κ2) is 7.30. The van der Waals surface area contributed by atoms with Gasteiger partial charge in [0.15, 0.2) is 0 Å². The highest BCUT2D eigenvalue weighted by molar-refractivity contribution is 5.73. The molecule has 2 aliphatic rings. The summed E-state index contributed by atoms with van der Waals surface area (Å²) in [5, 5.41) is 12.7. The minimum absolute atomic E-state index is 0.314. The van der Waals surface area contributed by atoms with Crippen LogP contribution in [-0.2, 0) is 17.6 Å². The Balaban J connectivity index is 1.52. The lowest BCUT2D eigenvalue weighted by molar-refractivity contribution is -0.143. The van der Waals surface area contributed by atoms with Gasteiger partial charge in [-0.2, -0.15) is 0 Å². The molecule has 1 fully saturated rings. The van der Waals surface area contributed by atoms with E-state index in [1.165, 1.54) is 12.0 Å². The van der Waals surface area contributed by atoms with Crippen molar-refractivity contribution in [2.75, 3.05) is 25.0 Å². The molecule has 0 spiro atoms. The van der Waals surface area contributed by atoms with Crippen LogP contribution in [0.3, 0.4) is 0 Å². The summed E-state index contributed by atoms with van der Waals surface area (Å²) in [6.45, 7) is 4.80. The van der Waals surface area contributed by atoms with Gasteiger partial charge in [-0.25, -0.2) is 4.98 Å². The molecule has 2 N–H and O–H groups in total. The van der Waals surface area contributed by atoms with Crippen molar-refractivity contribution in [1.29, 1.82) is 0 Å². The number of aryl methyl sites for hydroxylation is 2. The zero-order chi connectivity index (χ0) is 16.2. The molecule has 5 nitrogen and oxygen atoms in total. The predicted molar refractivity (Wildman–Crippen MR) is 90.8 cm³/mol. The zero-order valence-corrected chi connectivity index (χ0v) is 13.9. The van der Waals surface area contributed by atoms with E-state index in [0.29, 0.717) is 12.3 Å². The first kappa shape index (κ1) is 16.2. The summed E-state index contributed by atoms with van der Waals surface area (Å²) in [6.07, 6.45) is 6.18. The van der Waals surface area contributed by atoms with Crippen molar-refractivity contribution in [3.05, 3.63) is 23.4 Å². The van der Waals surface area contributed by atoms with E-state index in [2.05, 4.69) is 22.3 Å². The van der Waals surface area contributed by atoms with Crippen LogP contribution in [0.4, 0.5) is 5.82 Å². The lowest BCUT2D eigenvalue weighted by Gasteiger charge is -2.23. The maximum absolute atomic E-state index is 11.3. The molecule has 5 heteroatoms. The van der Waals surface area contributed by atoms with Gasteiger partial charge < -0.3 is 10.4 Å². The molecule has 0 aliphatic carbocycles. The summed E-state index contributed by atoms with van der Waals surface area (Å²) in [6, 6.07) is 4.05. The largest absolute Gasteiger partial charge is 0.480 e. The number of fused-ring (bicyclic) bond motifs is 1. The molecule has 23 heavy (non-hydrogen) atoms. The molecule has 126 valence electrons. The first-order chi connectivity index (χ1) is 11.2. The Bertz CT molecular complexity index is 561. The number of carboxylic acid groups (broad SMARTS) is 1. The summed E-state index contributed by atoms with van der Waals surface area (Å²) < 4.78 is 0. The molecule has 0 amide bonds. The van der Waals surface area contributed by atoms with E-state index in [1.54, 1.807) is 0 Å². The van der Waals surface area contributed by atoms with Crippen molar-refractivity contribution in [1.82, 2.24) is 9.88 Å². The Labute approximate surface area is 138 Å². The van der Waals surface area contributed by atoms with Gasteiger partial charge in [-0.1, -0.05) is 13.0 Å². The third kappa shape index (κ3) is 3.83. The quantitative estimate of drug-likeness (QED) is 0.844. The highest BCUT2D eigenvalue weighted by Gasteiger charge is 2.30. The van der Waals surface area contributed by atoms with E-state index in [1.807, 2.05) is 6.92 Å². The van der Waals surface area contributed by atoms with Gasteiger partial charge in [0.05, 0.1) is 0 Å². The van der Waals surface area contributed by atoms with Crippen LogP contribution in [0, 0.1) is 5.92 Å². The molecule has 1 unspecified atom stereocenters. The average molecular weight is 317 g/mol. The van der Waals surface area contributed by atoms with Crippen molar-refractivity contribution in [2.45, 2.75) is 51.5 Å². The Morgan fingerprint density at radius 1 is 1.52 bits per heavy atom. The summed E-state index contributed by atoms with van der Waals surface area (Å²) in [7, 11) is 0. The van der Waals surface area contributed by atoms with Gasteiger partial charge in [0.2, 0.25) is 0 Å². The molecule has 1 aromatic heterocycles. The van der Waals surface area contributed by atoms with Crippen molar-refractivity contribution in [3.8, 4) is 0 Å². The lowest BCUT2D eigenvalue weighted by atomic mass is 10.00. The monoisotopic (exact) mass is 317 g/mol. The molecule has 1 aromatic rings. The summed E-state index contributed by atoms with van der Waals surface area (Å²) in [5.74, 6) is 0.975. The Morgan fingerprint density at radius 2 is 2.39 bits per heavy atom.